The number of hydrogen-bond acceptors (Lipinski definition) is 10. The van der Waals surface area contributed by atoms with Gasteiger partial charge in [-0.25, -0.2) is 9.97 Å². The predicted octanol–water partition coefficient (Wildman–Crippen LogP) is 7.99. The summed E-state index contributed by atoms with van der Waals surface area (Å²) in [5, 5.41) is 9.05. The zero-order chi connectivity index (χ0) is 33.9. The van der Waals surface area contributed by atoms with Crippen LogP contribution in [0.25, 0.3) is 5.03 Å². The first-order chi connectivity index (χ1) is 23.5. The molecule has 8 nitrogen and oxygen atoms in total. The molecular weight excluding hydrogens is 677 g/mol. The summed E-state index contributed by atoms with van der Waals surface area (Å²) in [6.45, 7) is 13.0. The molecular formula is C36H53N6O2S4+. The van der Waals surface area contributed by atoms with Gasteiger partial charge < -0.3 is 10.2 Å². The number of fused-ring (bicyclic) bond motifs is 2. The van der Waals surface area contributed by atoms with Crippen LogP contribution < -0.4 is 31.0 Å². The van der Waals surface area contributed by atoms with Crippen LogP contribution in [0.15, 0.2) is 24.6 Å². The Labute approximate surface area is 301 Å². The first kappa shape index (κ1) is 37.2. The van der Waals surface area contributed by atoms with E-state index in [1.165, 1.54) is 113 Å². The van der Waals surface area contributed by atoms with Crippen molar-refractivity contribution >= 4 is 66.5 Å². The van der Waals surface area contributed by atoms with Crippen LogP contribution in [0.2, 0.25) is 0 Å². The van der Waals surface area contributed by atoms with E-state index in [0.29, 0.717) is 9.69 Å². The average Bonchev–Trinajstić information content (AvgIpc) is 3.84. The molecule has 5 rings (SSSR count). The van der Waals surface area contributed by atoms with Crippen LogP contribution in [-0.2, 0) is 0 Å². The largest absolute Gasteiger partial charge is 0.362 e. The van der Waals surface area contributed by atoms with Crippen LogP contribution in [0.4, 0.5) is 10.1 Å². The number of anilines is 2. The Morgan fingerprint density at radius 3 is 1.77 bits per heavy atom. The molecule has 0 saturated heterocycles. The van der Waals surface area contributed by atoms with E-state index in [4.69, 9.17) is 15.0 Å². The van der Waals surface area contributed by atoms with Gasteiger partial charge in [-0.05, 0) is 55.3 Å². The van der Waals surface area contributed by atoms with Crippen LogP contribution in [0.3, 0.4) is 0 Å². The monoisotopic (exact) mass is 729 g/mol. The van der Waals surface area contributed by atoms with Gasteiger partial charge >= 0.3 is 5.17 Å². The maximum absolute atomic E-state index is 13.4. The third kappa shape index (κ3) is 9.20. The summed E-state index contributed by atoms with van der Waals surface area (Å²) in [6.07, 6.45) is 19.6. The standard InChI is InChI=1S/C36H52N6O2S4/c1-5-9-13-17-21-41(22-18-14-10-6-2)35-39-33-31(47-35)37-29(45-33)25-27(43)26(28(25)44)30-38-32-34(46-30)40-36(48-32)42(23-19-15-11-7-3)24-20-16-12-8-4/h5-24H2,1-4H3/p+1. The van der Waals surface area contributed by atoms with Crippen LogP contribution in [0.5, 0.6) is 0 Å². The highest BCUT2D eigenvalue weighted by Gasteiger charge is 2.30. The molecule has 262 valence electrons. The molecule has 1 N–H and O–H groups in total. The first-order valence-electron chi connectivity index (χ1n) is 18.4. The highest BCUT2D eigenvalue weighted by molar-refractivity contribution is 8.13. The van der Waals surface area contributed by atoms with Gasteiger partial charge in [0.1, 0.15) is 25.1 Å². The van der Waals surface area contributed by atoms with E-state index < -0.39 is 0 Å². The lowest BCUT2D eigenvalue weighted by Gasteiger charge is -2.22. The fourth-order valence-corrected chi connectivity index (χ4v) is 10.4. The fourth-order valence-electron chi connectivity index (χ4n) is 6.11. The predicted molar refractivity (Wildman–Crippen MR) is 207 cm³/mol. The normalized spacial score (nSPS) is 13.7. The van der Waals surface area contributed by atoms with Gasteiger partial charge in [-0.1, -0.05) is 115 Å². The Bertz CT molecular complexity index is 1750. The summed E-state index contributed by atoms with van der Waals surface area (Å²) in [7, 11) is 0. The third-order valence-corrected chi connectivity index (χ3v) is 13.3. The van der Waals surface area contributed by atoms with Crippen LogP contribution >= 0.6 is 46.2 Å². The maximum Gasteiger partial charge on any atom is 0.362 e. The summed E-state index contributed by atoms with van der Waals surface area (Å²) < 4.78 is 3.72. The molecule has 0 aliphatic carbocycles. The number of nitrogens with one attached hydrogen (secondary N) is 1. The van der Waals surface area contributed by atoms with E-state index >= 15 is 0 Å². The zero-order valence-corrected chi connectivity index (χ0v) is 32.6. The maximum atomic E-state index is 13.4. The van der Waals surface area contributed by atoms with Gasteiger partial charge in [0.2, 0.25) is 10.9 Å². The quantitative estimate of drug-likeness (QED) is 0.0872. The van der Waals surface area contributed by atoms with E-state index in [-0.39, 0.29) is 21.3 Å². The second kappa shape index (κ2) is 18.8. The highest BCUT2D eigenvalue weighted by Crippen LogP contribution is 2.46. The minimum atomic E-state index is -0.228. The Morgan fingerprint density at radius 2 is 1.23 bits per heavy atom. The topological polar surface area (TPSA) is 90.6 Å². The summed E-state index contributed by atoms with van der Waals surface area (Å²) in [4.78, 5) is 43.9. The summed E-state index contributed by atoms with van der Waals surface area (Å²) in [6, 6.07) is 0. The molecule has 0 amide bonds. The van der Waals surface area contributed by atoms with Crippen molar-refractivity contribution < 1.29 is 4.58 Å². The van der Waals surface area contributed by atoms with Gasteiger partial charge in [0.15, 0.2) is 10.2 Å². The van der Waals surface area contributed by atoms with Gasteiger partial charge in [-0.15, -0.1) is 0 Å². The second-order valence-electron chi connectivity index (χ2n) is 12.9. The highest BCUT2D eigenvalue weighted by atomic mass is 32.2. The minimum absolute atomic E-state index is 0.196. The molecule has 0 bridgehead atoms. The van der Waals surface area contributed by atoms with Crippen LogP contribution in [0.1, 0.15) is 130 Å². The Hall–Kier alpha value is -2.02. The van der Waals surface area contributed by atoms with Crippen molar-refractivity contribution in [3.63, 3.8) is 0 Å². The molecule has 3 aromatic rings. The van der Waals surface area contributed by atoms with E-state index in [1.54, 1.807) is 23.1 Å². The number of thiazole rings is 2. The van der Waals surface area contributed by atoms with Crippen molar-refractivity contribution in [2.75, 3.05) is 36.4 Å². The van der Waals surface area contributed by atoms with Crippen molar-refractivity contribution in [2.24, 2.45) is 4.99 Å². The van der Waals surface area contributed by atoms with Crippen molar-refractivity contribution in [2.45, 2.75) is 140 Å². The lowest BCUT2D eigenvalue weighted by atomic mass is 10.2. The molecule has 0 spiro atoms. The lowest BCUT2D eigenvalue weighted by Crippen LogP contribution is -2.51. The summed E-state index contributed by atoms with van der Waals surface area (Å²) in [5.74, 6) is 0. The Morgan fingerprint density at radius 1 is 0.646 bits per heavy atom. The Kier molecular flexibility index (Phi) is 14.6. The van der Waals surface area contributed by atoms with Crippen molar-refractivity contribution in [3.05, 3.63) is 40.2 Å². The molecule has 1 aromatic carbocycles. The number of nitrogens with zero attached hydrogens (tertiary/aromatic N) is 5. The molecule has 48 heavy (non-hydrogen) atoms. The average molecular weight is 730 g/mol. The van der Waals surface area contributed by atoms with Gasteiger partial charge in [-0.3, -0.25) is 14.2 Å². The number of unbranched alkanes of at least 4 members (excludes halogenated alkanes) is 12. The molecule has 2 aromatic heterocycles. The minimum Gasteiger partial charge on any atom is -0.348 e. The first-order valence-corrected chi connectivity index (χ1v) is 21.7. The molecule has 12 heteroatoms. The van der Waals surface area contributed by atoms with Crippen molar-refractivity contribution in [3.8, 4) is 0 Å². The van der Waals surface area contributed by atoms with Gasteiger partial charge in [0.05, 0.1) is 18.1 Å². The molecule has 0 radical (unpaired) electrons. The number of amidine groups is 1. The zero-order valence-electron chi connectivity index (χ0n) is 29.3. The van der Waals surface area contributed by atoms with Gasteiger partial charge in [0.25, 0.3) is 4.67 Å². The molecule has 0 fully saturated rings. The fraction of sp³-hybridized carbons (Fsp3) is 0.667. The lowest BCUT2D eigenvalue weighted by molar-refractivity contribution is -0.527. The molecule has 0 atom stereocenters. The number of thioether (sulfide) groups is 2. The summed E-state index contributed by atoms with van der Waals surface area (Å²) in [5.41, 5.74) is -0.456. The number of aromatic nitrogens is 2. The van der Waals surface area contributed by atoms with E-state index in [9.17, 15) is 9.59 Å². The van der Waals surface area contributed by atoms with Crippen LogP contribution in [-0.4, -0.2) is 45.9 Å². The molecule has 0 unspecified atom stereocenters. The molecule has 2 aliphatic rings. The van der Waals surface area contributed by atoms with E-state index in [1.807, 2.05) is 0 Å². The van der Waals surface area contributed by atoms with Gasteiger partial charge in [0, 0.05) is 24.9 Å². The molecule has 4 heterocycles. The number of hydrogen-bond donors (Lipinski definition) is 1. The third-order valence-electron chi connectivity index (χ3n) is 8.99. The van der Waals surface area contributed by atoms with E-state index in [0.717, 1.165) is 69.0 Å². The number of rotatable bonds is 21. The Balaban J connectivity index is 1.34. The SMILES string of the molecule is CCCCCCN(CCCCCC)c1nc2c(s1)NC(=c1c(=O)c(=c3nc4c(s3)=NC(=[N+](CCCCCC)CCCCCC)S4)c1=O)S2. The second-order valence-corrected chi connectivity index (χ2v) is 16.8. The molecule has 2 aliphatic heterocycles. The van der Waals surface area contributed by atoms with Crippen molar-refractivity contribution in [1.82, 2.24) is 9.97 Å². The van der Waals surface area contributed by atoms with Crippen LogP contribution in [0, 0.1) is 9.88 Å². The van der Waals surface area contributed by atoms with Crippen molar-refractivity contribution in [1.29, 1.82) is 0 Å². The summed E-state index contributed by atoms with van der Waals surface area (Å²) >= 11 is 5.99. The van der Waals surface area contributed by atoms with E-state index in [2.05, 4.69) is 42.5 Å². The smallest absolute Gasteiger partial charge is 0.348 e. The molecule has 0 saturated carbocycles. The van der Waals surface area contributed by atoms with Gasteiger partial charge in [-0.2, -0.15) is 0 Å².